The molecule has 17 heavy (non-hydrogen) atoms. The summed E-state index contributed by atoms with van der Waals surface area (Å²) in [4.78, 5) is 24.5. The average Bonchev–Trinajstić information content (AvgIpc) is 2.29. The molecule has 1 rings (SSSR count). The van der Waals surface area contributed by atoms with E-state index >= 15 is 0 Å². The summed E-state index contributed by atoms with van der Waals surface area (Å²) in [5.41, 5.74) is 0. The quantitative estimate of drug-likeness (QED) is 0.353. The van der Waals surface area contributed by atoms with Gasteiger partial charge in [-0.15, -0.1) is 0 Å². The van der Waals surface area contributed by atoms with Crippen molar-refractivity contribution in [3.63, 3.8) is 0 Å². The van der Waals surface area contributed by atoms with Gasteiger partial charge >= 0.3 is 11.8 Å². The first-order valence-corrected chi connectivity index (χ1v) is 4.89. The Morgan fingerprint density at radius 2 is 2.24 bits per heavy atom. The highest BCUT2D eigenvalue weighted by atomic mass is 35.5. The Kier molecular flexibility index (Phi) is 4.22. The van der Waals surface area contributed by atoms with Crippen LogP contribution in [0.25, 0.3) is 0 Å². The van der Waals surface area contributed by atoms with E-state index in [1.807, 2.05) is 0 Å². The summed E-state index contributed by atoms with van der Waals surface area (Å²) in [6.07, 6.45) is -0.971. The zero-order valence-corrected chi connectivity index (χ0v) is 9.80. The number of aromatic nitrogens is 1. The lowest BCUT2D eigenvalue weighted by Gasteiger charge is -2.11. The number of rotatable bonds is 4. The van der Waals surface area contributed by atoms with Crippen molar-refractivity contribution in [1.82, 2.24) is 4.98 Å². The average molecular weight is 261 g/mol. The molecule has 1 aromatic heterocycles. The molecule has 0 unspecified atom stereocenters. The van der Waals surface area contributed by atoms with Crippen LogP contribution in [0.3, 0.4) is 0 Å². The normalized spacial score (nSPS) is 11.7. The molecular formula is C9H9ClN2O5. The predicted molar refractivity (Wildman–Crippen MR) is 58.0 cm³/mol. The third-order valence-electron chi connectivity index (χ3n) is 1.82. The van der Waals surface area contributed by atoms with Crippen molar-refractivity contribution in [3.05, 3.63) is 27.4 Å². The second-order valence-electron chi connectivity index (χ2n) is 3.00. The Labute approximate surface area is 101 Å². The van der Waals surface area contributed by atoms with Crippen molar-refractivity contribution in [2.75, 3.05) is 7.11 Å². The number of hydrogen-bond donors (Lipinski definition) is 0. The number of ether oxygens (including phenoxy) is 2. The van der Waals surface area contributed by atoms with Gasteiger partial charge in [0.2, 0.25) is 10.9 Å². The van der Waals surface area contributed by atoms with Crippen molar-refractivity contribution < 1.29 is 19.2 Å². The van der Waals surface area contributed by atoms with Gasteiger partial charge in [-0.2, -0.15) is 0 Å². The number of nitro groups is 1. The lowest BCUT2D eigenvalue weighted by molar-refractivity contribution is -0.390. The summed E-state index contributed by atoms with van der Waals surface area (Å²) in [5, 5.41) is 10.7. The van der Waals surface area contributed by atoms with Gasteiger partial charge in [0.05, 0.1) is 7.11 Å². The van der Waals surface area contributed by atoms with Crippen molar-refractivity contribution >= 4 is 23.4 Å². The number of carbonyl (C=O) groups is 1. The minimum absolute atomic E-state index is 0.0326. The van der Waals surface area contributed by atoms with E-state index in [0.717, 1.165) is 0 Å². The molecule has 0 aromatic carbocycles. The van der Waals surface area contributed by atoms with Crippen LogP contribution in [0.15, 0.2) is 12.1 Å². The maximum absolute atomic E-state index is 11.1. The van der Waals surface area contributed by atoms with E-state index in [-0.39, 0.29) is 10.9 Å². The molecule has 0 aliphatic carbocycles. The highest BCUT2D eigenvalue weighted by Crippen LogP contribution is 2.27. The first kappa shape index (κ1) is 13.2. The fraction of sp³-hybridized carbons (Fsp3) is 0.333. The summed E-state index contributed by atoms with van der Waals surface area (Å²) in [6, 6.07) is 2.60. The second-order valence-corrected chi connectivity index (χ2v) is 3.38. The molecule has 0 radical (unpaired) electrons. The van der Waals surface area contributed by atoms with Crippen LogP contribution < -0.4 is 4.74 Å². The molecule has 0 saturated heterocycles. The van der Waals surface area contributed by atoms with E-state index in [0.29, 0.717) is 0 Å². The molecule has 1 atom stereocenters. The van der Waals surface area contributed by atoms with E-state index in [1.54, 1.807) is 0 Å². The number of pyridine rings is 1. The number of carbonyl (C=O) groups excluding carboxylic acids is 1. The monoisotopic (exact) mass is 260 g/mol. The molecule has 0 amide bonds. The van der Waals surface area contributed by atoms with Crippen LogP contribution in [-0.2, 0) is 9.53 Å². The van der Waals surface area contributed by atoms with Gasteiger partial charge in [-0.05, 0) is 34.5 Å². The first-order chi connectivity index (χ1) is 7.95. The number of halogens is 1. The molecule has 1 aromatic rings. The van der Waals surface area contributed by atoms with Gasteiger partial charge in [0.15, 0.2) is 6.10 Å². The van der Waals surface area contributed by atoms with E-state index in [2.05, 4.69) is 9.72 Å². The summed E-state index contributed by atoms with van der Waals surface area (Å²) >= 11 is 5.52. The zero-order chi connectivity index (χ0) is 13.0. The molecular weight excluding hydrogens is 252 g/mol. The van der Waals surface area contributed by atoms with E-state index < -0.39 is 22.8 Å². The third-order valence-corrected chi connectivity index (χ3v) is 2.03. The smallest absolute Gasteiger partial charge is 0.407 e. The second kappa shape index (κ2) is 5.44. The lowest BCUT2D eigenvalue weighted by Crippen LogP contribution is -2.25. The van der Waals surface area contributed by atoms with Crippen molar-refractivity contribution in [2.24, 2.45) is 0 Å². The van der Waals surface area contributed by atoms with Gasteiger partial charge in [-0.25, -0.2) is 4.79 Å². The summed E-state index contributed by atoms with van der Waals surface area (Å²) in [6.45, 7) is 1.41. The van der Waals surface area contributed by atoms with E-state index in [9.17, 15) is 14.9 Å². The van der Waals surface area contributed by atoms with Gasteiger partial charge in [0, 0.05) is 6.07 Å². The topological polar surface area (TPSA) is 91.6 Å². The summed E-state index contributed by atoms with van der Waals surface area (Å²) in [5.74, 6) is -1.33. The molecule has 0 N–H and O–H groups in total. The van der Waals surface area contributed by atoms with Gasteiger partial charge in [0.25, 0.3) is 0 Å². The van der Waals surface area contributed by atoms with Crippen molar-refractivity contribution in [1.29, 1.82) is 0 Å². The molecule has 0 spiro atoms. The van der Waals surface area contributed by atoms with Gasteiger partial charge in [-0.1, -0.05) is 0 Å². The molecule has 0 fully saturated rings. The van der Waals surface area contributed by atoms with Gasteiger partial charge < -0.3 is 19.6 Å². The van der Waals surface area contributed by atoms with Gasteiger partial charge in [0.1, 0.15) is 0 Å². The maximum Gasteiger partial charge on any atom is 0.407 e. The molecule has 1 heterocycles. The Bertz CT molecular complexity index is 451. The summed E-state index contributed by atoms with van der Waals surface area (Å²) < 4.78 is 9.51. The van der Waals surface area contributed by atoms with Crippen molar-refractivity contribution in [3.8, 4) is 5.75 Å². The molecule has 92 valence electrons. The lowest BCUT2D eigenvalue weighted by atomic mass is 10.4. The SMILES string of the molecule is COC(=O)[C@@H](C)Oc1ccc(Cl)nc1[N+](=O)[O-]. The van der Waals surface area contributed by atoms with Crippen LogP contribution in [0.2, 0.25) is 5.15 Å². The molecule has 0 bridgehead atoms. The van der Waals surface area contributed by atoms with Crippen LogP contribution >= 0.6 is 11.6 Å². The van der Waals surface area contributed by atoms with Crippen molar-refractivity contribution in [2.45, 2.75) is 13.0 Å². The van der Waals surface area contributed by atoms with E-state index in [4.69, 9.17) is 16.3 Å². The Morgan fingerprint density at radius 1 is 1.59 bits per heavy atom. The molecule has 8 heteroatoms. The predicted octanol–water partition coefficient (Wildman–Crippen LogP) is 1.58. The third kappa shape index (κ3) is 3.28. The van der Waals surface area contributed by atoms with Crippen LogP contribution in [0.4, 0.5) is 5.82 Å². The van der Waals surface area contributed by atoms with Crippen LogP contribution in [-0.4, -0.2) is 29.1 Å². The first-order valence-electron chi connectivity index (χ1n) is 4.51. The van der Waals surface area contributed by atoms with Crippen LogP contribution in [0.1, 0.15) is 6.92 Å². The Morgan fingerprint density at radius 3 is 2.76 bits per heavy atom. The highest BCUT2D eigenvalue weighted by molar-refractivity contribution is 6.29. The minimum atomic E-state index is -0.971. The fourth-order valence-electron chi connectivity index (χ4n) is 1.04. The Hall–Kier alpha value is -1.89. The number of esters is 1. The highest BCUT2D eigenvalue weighted by Gasteiger charge is 2.23. The number of nitrogens with zero attached hydrogens (tertiary/aromatic N) is 2. The van der Waals surface area contributed by atoms with Crippen LogP contribution in [0, 0.1) is 10.1 Å². The fourth-order valence-corrected chi connectivity index (χ4v) is 1.18. The standard InChI is InChI=1S/C9H9ClN2O5/c1-5(9(13)16-2)17-6-3-4-7(10)11-8(6)12(14)15/h3-5H,1-2H3/t5-/m1/s1. The molecule has 7 nitrogen and oxygen atoms in total. The summed E-state index contributed by atoms with van der Waals surface area (Å²) in [7, 11) is 1.19. The molecule has 0 aliphatic rings. The maximum atomic E-state index is 11.1. The minimum Gasteiger partial charge on any atom is -0.471 e. The van der Waals surface area contributed by atoms with Gasteiger partial charge in [-0.3, -0.25) is 0 Å². The largest absolute Gasteiger partial charge is 0.471 e. The molecule has 0 aliphatic heterocycles. The van der Waals surface area contributed by atoms with E-state index in [1.165, 1.54) is 26.2 Å². The number of hydrogen-bond acceptors (Lipinski definition) is 6. The zero-order valence-electron chi connectivity index (χ0n) is 9.05. The van der Waals surface area contributed by atoms with Crippen LogP contribution in [0.5, 0.6) is 5.75 Å². The number of methoxy groups -OCH3 is 1. The Balaban J connectivity index is 2.98. The molecule has 0 saturated carbocycles.